The fraction of sp³-hybridized carbons (Fsp3) is 0.200. The van der Waals surface area contributed by atoms with Crippen molar-refractivity contribution in [1.29, 1.82) is 0 Å². The molecule has 0 radical (unpaired) electrons. The lowest BCUT2D eigenvalue weighted by atomic mass is 9.98. The Kier molecular flexibility index (Phi) is 5.73. The van der Waals surface area contributed by atoms with E-state index in [0.717, 1.165) is 5.56 Å². The van der Waals surface area contributed by atoms with Crippen molar-refractivity contribution in [2.75, 3.05) is 0 Å². The molecule has 0 bridgehead atoms. The number of hydrogen-bond acceptors (Lipinski definition) is 7. The summed E-state index contributed by atoms with van der Waals surface area (Å²) in [6.07, 6.45) is 0.693. The van der Waals surface area contributed by atoms with E-state index in [-0.39, 0.29) is 0 Å². The highest BCUT2D eigenvalue weighted by Crippen LogP contribution is 2.26. The van der Waals surface area contributed by atoms with Crippen LogP contribution in [0.5, 0.6) is 0 Å². The van der Waals surface area contributed by atoms with Gasteiger partial charge in [0.1, 0.15) is 0 Å². The normalized spacial score (nSPS) is 12.2. The van der Waals surface area contributed by atoms with Gasteiger partial charge in [0.25, 0.3) is 5.22 Å². The van der Waals surface area contributed by atoms with E-state index in [2.05, 4.69) is 39.5 Å². The molecule has 8 heteroatoms. The van der Waals surface area contributed by atoms with Gasteiger partial charge in [-0.15, -0.1) is 20.4 Å². The molecule has 0 saturated carbocycles. The molecule has 1 atom stereocenters. The fourth-order valence-corrected chi connectivity index (χ4v) is 3.43. The topological polar surface area (TPSA) is 77.8 Å². The second-order valence-corrected chi connectivity index (χ2v) is 7.64. The summed E-state index contributed by atoms with van der Waals surface area (Å²) in [7, 11) is 0. The summed E-state index contributed by atoms with van der Waals surface area (Å²) in [4.78, 5) is 0. The van der Waals surface area contributed by atoms with E-state index in [1.54, 1.807) is 12.1 Å². The molecular weight excluding hydrogens is 396 g/mol. The van der Waals surface area contributed by atoms with E-state index in [1.807, 2.05) is 30.3 Å². The molecule has 0 spiro atoms. The van der Waals surface area contributed by atoms with Crippen molar-refractivity contribution in [3.8, 4) is 11.5 Å². The minimum absolute atomic E-state index is 0.303. The van der Waals surface area contributed by atoms with Crippen LogP contribution in [0.4, 0.5) is 0 Å². The van der Waals surface area contributed by atoms with E-state index in [4.69, 9.17) is 20.4 Å². The Hall–Kier alpha value is -2.64. The predicted molar refractivity (Wildman–Crippen MR) is 107 cm³/mol. The molecule has 4 aromatic rings. The monoisotopic (exact) mass is 412 g/mol. The Morgan fingerprint density at radius 3 is 2.43 bits per heavy atom. The van der Waals surface area contributed by atoms with Crippen LogP contribution >= 0.6 is 23.4 Å². The SMILES string of the molecule is CC(Cc1nnc(SCc2nnc(-c3ccc(Cl)cc3)o2)o1)c1ccccc1. The van der Waals surface area contributed by atoms with Crippen molar-refractivity contribution >= 4 is 23.4 Å². The molecule has 0 N–H and O–H groups in total. The first kappa shape index (κ1) is 18.7. The molecule has 28 heavy (non-hydrogen) atoms. The van der Waals surface area contributed by atoms with Crippen molar-refractivity contribution in [3.63, 3.8) is 0 Å². The third-order valence-electron chi connectivity index (χ3n) is 4.17. The number of nitrogens with zero attached hydrogens (tertiary/aromatic N) is 4. The zero-order valence-electron chi connectivity index (χ0n) is 15.1. The van der Waals surface area contributed by atoms with Crippen molar-refractivity contribution in [1.82, 2.24) is 20.4 Å². The molecule has 1 unspecified atom stereocenters. The Balaban J connectivity index is 1.34. The van der Waals surface area contributed by atoms with Crippen LogP contribution in [0.1, 0.15) is 30.2 Å². The molecule has 0 aliphatic carbocycles. The average Bonchev–Trinajstić information content (AvgIpc) is 3.37. The van der Waals surface area contributed by atoms with Crippen LogP contribution in [-0.2, 0) is 12.2 Å². The highest BCUT2D eigenvalue weighted by molar-refractivity contribution is 7.98. The molecule has 0 aliphatic rings. The van der Waals surface area contributed by atoms with Gasteiger partial charge in [-0.1, -0.05) is 60.6 Å². The quantitative estimate of drug-likeness (QED) is 0.375. The number of halogens is 1. The lowest BCUT2D eigenvalue weighted by molar-refractivity contribution is 0.404. The van der Waals surface area contributed by atoms with E-state index >= 15 is 0 Å². The first-order valence-corrected chi connectivity index (χ1v) is 10.1. The van der Waals surface area contributed by atoms with Crippen LogP contribution in [0.25, 0.3) is 11.5 Å². The first-order valence-electron chi connectivity index (χ1n) is 8.76. The van der Waals surface area contributed by atoms with Crippen molar-refractivity contribution in [2.45, 2.75) is 30.2 Å². The van der Waals surface area contributed by atoms with E-state index in [9.17, 15) is 0 Å². The van der Waals surface area contributed by atoms with Gasteiger partial charge < -0.3 is 8.83 Å². The third kappa shape index (κ3) is 4.61. The highest BCUT2D eigenvalue weighted by Gasteiger charge is 2.14. The van der Waals surface area contributed by atoms with E-state index in [0.29, 0.717) is 46.0 Å². The largest absolute Gasteiger partial charge is 0.420 e. The van der Waals surface area contributed by atoms with Gasteiger partial charge in [0.15, 0.2) is 0 Å². The standard InChI is InChI=1S/C20H17ClN4O2S/c1-13(14-5-3-2-4-6-14)11-17-22-25-20(27-17)28-12-18-23-24-19(26-18)15-7-9-16(21)10-8-15/h2-10,13H,11-12H2,1H3. The Bertz CT molecular complexity index is 1030. The number of thioether (sulfide) groups is 1. The van der Waals surface area contributed by atoms with Crippen LogP contribution in [0.15, 0.2) is 68.7 Å². The van der Waals surface area contributed by atoms with Crippen LogP contribution in [0, 0.1) is 0 Å². The van der Waals surface area contributed by atoms with Gasteiger partial charge in [-0.05, 0) is 35.7 Å². The van der Waals surface area contributed by atoms with Gasteiger partial charge in [0.05, 0.1) is 5.75 Å². The van der Waals surface area contributed by atoms with Crippen LogP contribution in [0.2, 0.25) is 5.02 Å². The third-order valence-corrected chi connectivity index (χ3v) is 5.23. The van der Waals surface area contributed by atoms with Gasteiger partial charge in [0.2, 0.25) is 17.7 Å². The van der Waals surface area contributed by atoms with Crippen LogP contribution in [0.3, 0.4) is 0 Å². The summed E-state index contributed by atoms with van der Waals surface area (Å²) in [5, 5.41) is 17.5. The molecule has 0 saturated heterocycles. The molecule has 0 amide bonds. The molecule has 2 aromatic heterocycles. The molecule has 6 nitrogen and oxygen atoms in total. The van der Waals surface area contributed by atoms with Gasteiger partial charge in [-0.2, -0.15) is 0 Å². The van der Waals surface area contributed by atoms with Crippen LogP contribution < -0.4 is 0 Å². The maximum atomic E-state index is 5.90. The van der Waals surface area contributed by atoms with Crippen molar-refractivity contribution in [3.05, 3.63) is 77.0 Å². The molecular formula is C20H17ClN4O2S. The summed E-state index contributed by atoms with van der Waals surface area (Å²) in [5.41, 5.74) is 2.07. The Morgan fingerprint density at radius 2 is 1.64 bits per heavy atom. The molecule has 0 aliphatic heterocycles. The zero-order chi connectivity index (χ0) is 19.3. The van der Waals surface area contributed by atoms with E-state index < -0.39 is 0 Å². The number of hydrogen-bond donors (Lipinski definition) is 0. The smallest absolute Gasteiger partial charge is 0.277 e. The summed E-state index contributed by atoms with van der Waals surface area (Å²) in [6.45, 7) is 2.14. The second kappa shape index (κ2) is 8.58. The first-order chi connectivity index (χ1) is 13.7. The molecule has 4 rings (SSSR count). The number of aromatic nitrogens is 4. The van der Waals surface area contributed by atoms with Crippen LogP contribution in [-0.4, -0.2) is 20.4 Å². The minimum Gasteiger partial charge on any atom is -0.420 e. The van der Waals surface area contributed by atoms with Gasteiger partial charge in [-0.3, -0.25) is 0 Å². The highest BCUT2D eigenvalue weighted by atomic mass is 35.5. The van der Waals surface area contributed by atoms with Crippen molar-refractivity contribution < 1.29 is 8.83 Å². The lowest BCUT2D eigenvalue weighted by Gasteiger charge is -2.08. The Labute approximate surface area is 171 Å². The Morgan fingerprint density at radius 1 is 0.893 bits per heavy atom. The predicted octanol–water partition coefficient (Wildman–Crippen LogP) is 5.41. The molecule has 142 valence electrons. The number of benzene rings is 2. The fourth-order valence-electron chi connectivity index (χ4n) is 2.68. The number of rotatable bonds is 7. The summed E-state index contributed by atoms with van der Waals surface area (Å²) >= 11 is 7.27. The minimum atomic E-state index is 0.303. The molecule has 0 fully saturated rings. The second-order valence-electron chi connectivity index (χ2n) is 6.27. The summed E-state index contributed by atoms with van der Waals surface area (Å²) in [5.74, 6) is 2.32. The zero-order valence-corrected chi connectivity index (χ0v) is 16.7. The van der Waals surface area contributed by atoms with Gasteiger partial charge >= 0.3 is 0 Å². The average molecular weight is 413 g/mol. The lowest BCUT2D eigenvalue weighted by Crippen LogP contribution is -1.98. The molecule has 2 heterocycles. The summed E-state index contributed by atoms with van der Waals surface area (Å²) < 4.78 is 11.4. The van der Waals surface area contributed by atoms with Gasteiger partial charge in [-0.25, -0.2) is 0 Å². The molecule has 2 aromatic carbocycles. The van der Waals surface area contributed by atoms with Gasteiger partial charge in [0, 0.05) is 17.0 Å². The maximum Gasteiger partial charge on any atom is 0.277 e. The van der Waals surface area contributed by atoms with Crippen molar-refractivity contribution in [2.24, 2.45) is 0 Å². The maximum absolute atomic E-state index is 5.90. The summed E-state index contributed by atoms with van der Waals surface area (Å²) in [6, 6.07) is 17.5. The van der Waals surface area contributed by atoms with E-state index in [1.165, 1.54) is 17.3 Å².